The van der Waals surface area contributed by atoms with Crippen LogP contribution in [-0.4, -0.2) is 117 Å². The average Bonchev–Trinajstić information content (AvgIpc) is 3.33. The molecule has 52 heavy (non-hydrogen) atoms. The van der Waals surface area contributed by atoms with Gasteiger partial charge in [-0.25, -0.2) is 9.59 Å². The third-order valence-corrected chi connectivity index (χ3v) is 8.48. The van der Waals surface area contributed by atoms with Crippen molar-refractivity contribution in [3.63, 3.8) is 0 Å². The van der Waals surface area contributed by atoms with Gasteiger partial charge in [0.25, 0.3) is 0 Å². The molecule has 1 saturated carbocycles. The van der Waals surface area contributed by atoms with Gasteiger partial charge in [0.2, 0.25) is 6.29 Å². The lowest BCUT2D eigenvalue weighted by molar-refractivity contribution is -0.365. The van der Waals surface area contributed by atoms with Crippen molar-refractivity contribution in [2.24, 2.45) is 5.92 Å². The molecule has 0 radical (unpaired) electrons. The van der Waals surface area contributed by atoms with E-state index in [1.54, 1.807) is 24.3 Å². The Bertz CT molecular complexity index is 1570. The number of hydrogen-bond acceptors (Lipinski definition) is 17. The number of carbonyl (C=O) groups is 6. The smallest absolute Gasteiger partial charge is 0.338 e. The Morgan fingerprint density at radius 2 is 1.44 bits per heavy atom. The quantitative estimate of drug-likeness (QED) is 0.182. The molecule has 0 unspecified atom stereocenters. The number of aliphatic hydroxyl groups is 1. The second kappa shape index (κ2) is 17.2. The summed E-state index contributed by atoms with van der Waals surface area (Å²) in [6.45, 7) is 5.14. The summed E-state index contributed by atoms with van der Waals surface area (Å²) in [5.74, 6) is -6.23. The second-order valence-electron chi connectivity index (χ2n) is 12.3. The fraction of sp³-hybridized carbons (Fsp3) is 0.543. The van der Waals surface area contributed by atoms with Gasteiger partial charge < -0.3 is 52.5 Å². The number of esters is 6. The lowest BCUT2D eigenvalue weighted by Crippen LogP contribution is -2.64. The molecule has 2 aliphatic heterocycles. The molecule has 0 amide bonds. The van der Waals surface area contributed by atoms with E-state index in [-0.39, 0.29) is 17.6 Å². The molecule has 17 nitrogen and oxygen atoms in total. The molecule has 2 heterocycles. The number of hydrogen-bond donors (Lipinski definition) is 1. The molecule has 0 bridgehead atoms. The van der Waals surface area contributed by atoms with Gasteiger partial charge in [0.05, 0.1) is 18.6 Å². The molecular formula is C35H42O17. The maximum atomic E-state index is 13.1. The second-order valence-corrected chi connectivity index (χ2v) is 12.3. The summed E-state index contributed by atoms with van der Waals surface area (Å²) >= 11 is 0. The Hall–Kier alpha value is -4.68. The molecule has 4 rings (SSSR count). The van der Waals surface area contributed by atoms with Crippen molar-refractivity contribution in [3.8, 4) is 0 Å². The molecule has 1 N–H and O–H groups in total. The topological polar surface area (TPSA) is 215 Å². The number of rotatable bonds is 12. The molecule has 284 valence electrons. The first-order chi connectivity index (χ1) is 24.6. The Labute approximate surface area is 299 Å². The van der Waals surface area contributed by atoms with E-state index in [0.29, 0.717) is 0 Å². The van der Waals surface area contributed by atoms with Crippen LogP contribution in [0.2, 0.25) is 0 Å². The first kappa shape index (κ1) is 40.1. The van der Waals surface area contributed by atoms with Crippen LogP contribution in [-0.2, 0) is 76.1 Å². The van der Waals surface area contributed by atoms with Gasteiger partial charge in [-0.2, -0.15) is 0 Å². The average molecular weight is 735 g/mol. The van der Waals surface area contributed by atoms with E-state index < -0.39 is 103 Å². The van der Waals surface area contributed by atoms with Crippen molar-refractivity contribution in [3.05, 3.63) is 53.1 Å². The minimum absolute atomic E-state index is 0.116. The van der Waals surface area contributed by atoms with Crippen LogP contribution in [0.3, 0.4) is 0 Å². The Morgan fingerprint density at radius 3 is 2.02 bits per heavy atom. The number of ether oxygens (including phenoxy) is 10. The van der Waals surface area contributed by atoms with Crippen molar-refractivity contribution in [2.75, 3.05) is 20.8 Å². The van der Waals surface area contributed by atoms with Crippen molar-refractivity contribution in [1.82, 2.24) is 0 Å². The molecular weight excluding hydrogens is 692 g/mol. The number of methoxy groups -OCH3 is 2. The van der Waals surface area contributed by atoms with Crippen LogP contribution in [0.5, 0.6) is 0 Å². The van der Waals surface area contributed by atoms with Crippen LogP contribution in [0.4, 0.5) is 0 Å². The zero-order chi connectivity index (χ0) is 38.3. The first-order valence-electron chi connectivity index (χ1n) is 16.2. The fourth-order valence-corrected chi connectivity index (χ4v) is 6.34. The van der Waals surface area contributed by atoms with Gasteiger partial charge in [-0.15, -0.1) is 0 Å². The van der Waals surface area contributed by atoms with E-state index in [4.69, 9.17) is 47.4 Å². The molecule has 1 aromatic carbocycles. The standard InChI is InChI=1S/C35H42O17/c1-17(36)45-16-23-28(46-18(2)37)29(47-19(3)38)30(48-20(4)39)34(49-23)52-33-27-22(26(31(41)43-6)32(44-7)51-33)15-24(35(27,5)42)50-25(40)14-13-21-11-9-8-10-12-21/h8-14,23-24,27-30,32-34,42H,15-16H2,1-7H3/b14-13+/t23-,24+,27-,28-,29+,30-,32+,33+,34+,35+/m1/s1. The lowest BCUT2D eigenvalue weighted by atomic mass is 9.85. The monoisotopic (exact) mass is 734 g/mol. The lowest BCUT2D eigenvalue weighted by Gasteiger charge is -2.47. The van der Waals surface area contributed by atoms with E-state index in [1.165, 1.54) is 26.2 Å². The van der Waals surface area contributed by atoms with Crippen molar-refractivity contribution in [1.29, 1.82) is 0 Å². The van der Waals surface area contributed by atoms with Crippen LogP contribution in [0, 0.1) is 5.92 Å². The van der Waals surface area contributed by atoms with Crippen LogP contribution in [0.15, 0.2) is 47.6 Å². The molecule has 0 spiro atoms. The number of carbonyl (C=O) groups excluding carboxylic acids is 6. The third kappa shape index (κ3) is 9.40. The Balaban J connectivity index is 1.75. The Kier molecular flexibility index (Phi) is 13.3. The van der Waals surface area contributed by atoms with Gasteiger partial charge in [-0.05, 0) is 24.1 Å². The van der Waals surface area contributed by atoms with Crippen molar-refractivity contribution >= 4 is 41.9 Å². The summed E-state index contributed by atoms with van der Waals surface area (Å²) in [6.07, 6.45) is -9.54. The molecule has 2 fully saturated rings. The van der Waals surface area contributed by atoms with Crippen LogP contribution < -0.4 is 0 Å². The predicted molar refractivity (Wildman–Crippen MR) is 172 cm³/mol. The van der Waals surface area contributed by atoms with Gasteiger partial charge in [-0.1, -0.05) is 30.3 Å². The molecule has 10 atom stereocenters. The summed E-state index contributed by atoms with van der Waals surface area (Å²) in [5, 5.41) is 12.0. The fourth-order valence-electron chi connectivity index (χ4n) is 6.34. The highest BCUT2D eigenvalue weighted by molar-refractivity contribution is 5.91. The van der Waals surface area contributed by atoms with Gasteiger partial charge >= 0.3 is 35.8 Å². The van der Waals surface area contributed by atoms with Gasteiger partial charge in [0, 0.05) is 47.3 Å². The minimum atomic E-state index is -1.99. The summed E-state index contributed by atoms with van der Waals surface area (Å²) < 4.78 is 56.1. The van der Waals surface area contributed by atoms with Crippen LogP contribution in [0.25, 0.3) is 6.08 Å². The number of fused-ring (bicyclic) bond motifs is 1. The van der Waals surface area contributed by atoms with Crippen LogP contribution >= 0.6 is 0 Å². The molecule has 1 aliphatic carbocycles. The van der Waals surface area contributed by atoms with E-state index >= 15 is 0 Å². The first-order valence-corrected chi connectivity index (χ1v) is 16.2. The van der Waals surface area contributed by atoms with Crippen molar-refractivity contribution in [2.45, 2.75) is 96.0 Å². The van der Waals surface area contributed by atoms with Crippen molar-refractivity contribution < 1.29 is 81.2 Å². The largest absolute Gasteiger partial charge is 0.466 e. The highest BCUT2D eigenvalue weighted by Crippen LogP contribution is 2.50. The highest BCUT2D eigenvalue weighted by atomic mass is 16.8. The van der Waals surface area contributed by atoms with E-state index in [9.17, 15) is 33.9 Å². The van der Waals surface area contributed by atoms with E-state index in [0.717, 1.165) is 40.4 Å². The zero-order valence-electron chi connectivity index (χ0n) is 29.6. The summed E-state index contributed by atoms with van der Waals surface area (Å²) in [7, 11) is 2.37. The zero-order valence-corrected chi connectivity index (χ0v) is 29.6. The molecule has 1 saturated heterocycles. The molecule has 17 heteroatoms. The predicted octanol–water partition coefficient (Wildman–Crippen LogP) is 1.28. The Morgan fingerprint density at radius 1 is 0.827 bits per heavy atom. The summed E-state index contributed by atoms with van der Waals surface area (Å²) in [6, 6.07) is 8.94. The normalized spacial score (nSPS) is 31.3. The van der Waals surface area contributed by atoms with Gasteiger partial charge in [0.15, 0.2) is 30.9 Å². The van der Waals surface area contributed by atoms with E-state index in [1.807, 2.05) is 6.07 Å². The van der Waals surface area contributed by atoms with Crippen LogP contribution in [0.1, 0.15) is 46.6 Å². The van der Waals surface area contributed by atoms with Gasteiger partial charge in [0.1, 0.15) is 24.4 Å². The molecule has 0 aromatic heterocycles. The van der Waals surface area contributed by atoms with Gasteiger partial charge in [-0.3, -0.25) is 19.2 Å². The molecule has 3 aliphatic rings. The number of benzene rings is 1. The van der Waals surface area contributed by atoms with E-state index in [2.05, 4.69) is 0 Å². The third-order valence-electron chi connectivity index (χ3n) is 8.48. The maximum absolute atomic E-state index is 13.1. The summed E-state index contributed by atoms with van der Waals surface area (Å²) in [5.41, 5.74) is -1.19. The molecule has 1 aromatic rings. The highest BCUT2D eigenvalue weighted by Gasteiger charge is 2.61. The summed E-state index contributed by atoms with van der Waals surface area (Å²) in [4.78, 5) is 74.7. The maximum Gasteiger partial charge on any atom is 0.338 e. The minimum Gasteiger partial charge on any atom is -0.466 e. The SMILES string of the molecule is COC(=O)C1=C2C[C@H](OC(=O)/C=C/c3ccccc3)[C@](C)(O)[C@H]2[C@H](O[C@@H]2O[C@H](COC(C)=O)[C@@H](OC(C)=O)[C@H](OC(C)=O)[C@H]2OC(C)=O)O[C@@H]1OC.